The van der Waals surface area contributed by atoms with Crippen LogP contribution in [0.3, 0.4) is 0 Å². The minimum absolute atomic E-state index is 0.336. The van der Waals surface area contributed by atoms with E-state index in [-0.39, 0.29) is 0 Å². The zero-order valence-electron chi connectivity index (χ0n) is 15.4. The predicted octanol–water partition coefficient (Wildman–Crippen LogP) is 0.984. The molecule has 0 amide bonds. The average molecular weight is 368 g/mol. The number of hydrogen-bond donors (Lipinski definition) is 4. The van der Waals surface area contributed by atoms with Gasteiger partial charge in [-0.3, -0.25) is 0 Å². The Labute approximate surface area is 157 Å². The van der Waals surface area contributed by atoms with Gasteiger partial charge in [0.15, 0.2) is 11.6 Å². The number of fused-ring (bicyclic) bond motifs is 1. The van der Waals surface area contributed by atoms with Crippen LogP contribution in [0.1, 0.15) is 17.0 Å². The number of nitrogen functional groups attached to an aromatic ring is 1. The molecule has 3 rings (SSSR count). The Morgan fingerprint density at radius 2 is 2.15 bits per heavy atom. The van der Waals surface area contributed by atoms with Crippen molar-refractivity contribution in [3.8, 4) is 0 Å². The van der Waals surface area contributed by atoms with Gasteiger partial charge in [0.1, 0.15) is 5.65 Å². The number of anilines is 2. The van der Waals surface area contributed by atoms with E-state index < -0.39 is 0 Å². The Morgan fingerprint density at radius 1 is 1.30 bits per heavy atom. The molecule has 27 heavy (non-hydrogen) atoms. The molecule has 142 valence electrons. The largest absolute Gasteiger partial charge is 0.394 e. The average Bonchev–Trinajstić information content (AvgIpc) is 3.08. The highest BCUT2D eigenvalue weighted by molar-refractivity contribution is 5.67. The van der Waals surface area contributed by atoms with Crippen molar-refractivity contribution in [3.05, 3.63) is 53.9 Å². The molecule has 0 spiro atoms. The number of pyridine rings is 1. The van der Waals surface area contributed by atoms with Crippen LogP contribution in [0.5, 0.6) is 0 Å². The molecule has 0 fully saturated rings. The lowest BCUT2D eigenvalue weighted by molar-refractivity contribution is 0.181. The molecule has 3 heterocycles. The van der Waals surface area contributed by atoms with E-state index in [0.29, 0.717) is 37.0 Å². The van der Waals surface area contributed by atoms with Gasteiger partial charge in [-0.25, -0.2) is 15.0 Å². The van der Waals surface area contributed by atoms with Crippen LogP contribution in [0.25, 0.3) is 11.2 Å². The SMILES string of the molecule is CN/C=C(\CN)c1cnc(N)c(NCc2ccc3ncc(COC)n3c2)n1. The summed E-state index contributed by atoms with van der Waals surface area (Å²) in [7, 11) is 3.47. The van der Waals surface area contributed by atoms with Gasteiger partial charge in [0, 0.05) is 45.2 Å². The minimum atomic E-state index is 0.336. The van der Waals surface area contributed by atoms with Gasteiger partial charge in [0.25, 0.3) is 0 Å². The minimum Gasteiger partial charge on any atom is -0.394 e. The fourth-order valence-electron chi connectivity index (χ4n) is 2.71. The van der Waals surface area contributed by atoms with Crippen LogP contribution in [-0.2, 0) is 17.9 Å². The Bertz CT molecular complexity index is 950. The summed E-state index contributed by atoms with van der Waals surface area (Å²) in [5, 5.41) is 6.21. The summed E-state index contributed by atoms with van der Waals surface area (Å²) in [4.78, 5) is 13.1. The number of aromatic nitrogens is 4. The lowest BCUT2D eigenvalue weighted by atomic mass is 10.2. The van der Waals surface area contributed by atoms with E-state index in [2.05, 4.69) is 25.6 Å². The maximum absolute atomic E-state index is 5.97. The van der Waals surface area contributed by atoms with Gasteiger partial charge < -0.3 is 31.2 Å². The number of imidazole rings is 1. The van der Waals surface area contributed by atoms with Gasteiger partial charge in [-0.05, 0) is 11.6 Å². The molecule has 0 saturated heterocycles. The highest BCUT2D eigenvalue weighted by Gasteiger charge is 2.09. The van der Waals surface area contributed by atoms with Crippen LogP contribution < -0.4 is 22.1 Å². The van der Waals surface area contributed by atoms with E-state index in [0.717, 1.165) is 22.5 Å². The van der Waals surface area contributed by atoms with E-state index in [1.165, 1.54) is 0 Å². The molecule has 0 radical (unpaired) electrons. The maximum atomic E-state index is 5.97. The summed E-state index contributed by atoms with van der Waals surface area (Å²) in [5.41, 5.74) is 16.2. The van der Waals surface area contributed by atoms with Crippen molar-refractivity contribution in [3.63, 3.8) is 0 Å². The summed E-state index contributed by atoms with van der Waals surface area (Å²) >= 11 is 0. The Kier molecular flexibility index (Phi) is 5.84. The first-order valence-corrected chi connectivity index (χ1v) is 8.53. The van der Waals surface area contributed by atoms with Crippen molar-refractivity contribution in [2.24, 2.45) is 5.73 Å². The fourth-order valence-corrected chi connectivity index (χ4v) is 2.71. The summed E-state index contributed by atoms with van der Waals surface area (Å²) in [6.07, 6.45) is 7.24. The summed E-state index contributed by atoms with van der Waals surface area (Å²) in [6.45, 7) is 1.38. The second kappa shape index (κ2) is 8.47. The lowest BCUT2D eigenvalue weighted by Crippen LogP contribution is -2.12. The molecule has 0 aliphatic heterocycles. The predicted molar refractivity (Wildman–Crippen MR) is 106 cm³/mol. The molecule has 0 bridgehead atoms. The number of nitrogens with one attached hydrogen (secondary N) is 2. The molecular weight excluding hydrogens is 344 g/mol. The van der Waals surface area contributed by atoms with Crippen molar-refractivity contribution < 1.29 is 4.74 Å². The third-order valence-corrected chi connectivity index (χ3v) is 4.06. The fraction of sp³-hybridized carbons (Fsp3) is 0.278. The third kappa shape index (κ3) is 4.15. The van der Waals surface area contributed by atoms with Gasteiger partial charge in [-0.1, -0.05) is 6.07 Å². The number of methoxy groups -OCH3 is 1. The maximum Gasteiger partial charge on any atom is 0.169 e. The number of nitrogens with zero attached hydrogens (tertiary/aromatic N) is 4. The smallest absolute Gasteiger partial charge is 0.169 e. The van der Waals surface area contributed by atoms with Gasteiger partial charge in [0.2, 0.25) is 0 Å². The number of hydrogen-bond acceptors (Lipinski definition) is 8. The Hall–Kier alpha value is -3.17. The normalized spacial score (nSPS) is 11.7. The summed E-state index contributed by atoms with van der Waals surface area (Å²) in [5.74, 6) is 0.856. The van der Waals surface area contributed by atoms with Gasteiger partial charge in [-0.15, -0.1) is 0 Å². The van der Waals surface area contributed by atoms with Crippen LogP contribution in [0.2, 0.25) is 0 Å². The zero-order chi connectivity index (χ0) is 19.2. The van der Waals surface area contributed by atoms with E-state index >= 15 is 0 Å². The molecule has 9 nitrogen and oxygen atoms in total. The van der Waals surface area contributed by atoms with Crippen molar-refractivity contribution in [2.75, 3.05) is 31.8 Å². The van der Waals surface area contributed by atoms with Crippen LogP contribution >= 0.6 is 0 Å². The van der Waals surface area contributed by atoms with Crippen molar-refractivity contribution >= 4 is 22.9 Å². The molecule has 0 atom stereocenters. The first kappa shape index (κ1) is 18.6. The van der Waals surface area contributed by atoms with Crippen molar-refractivity contribution in [1.82, 2.24) is 24.7 Å². The number of nitrogens with two attached hydrogens (primary N) is 2. The second-order valence-electron chi connectivity index (χ2n) is 5.95. The second-order valence-corrected chi connectivity index (χ2v) is 5.95. The van der Waals surface area contributed by atoms with Gasteiger partial charge >= 0.3 is 0 Å². The van der Waals surface area contributed by atoms with Crippen LogP contribution in [0.15, 0.2) is 36.9 Å². The standard InChI is InChI=1S/C18H24N8O/c1-21-7-13(5-19)15-9-23-17(20)18(25-15)24-6-12-3-4-16-22-8-14(11-27-2)26(16)10-12/h3-4,7-10,21H,5-6,11,19H2,1-2H3,(H2,20,23)(H,24,25)/b13-7+. The molecule has 6 N–H and O–H groups in total. The molecule has 9 heteroatoms. The van der Waals surface area contributed by atoms with Crippen LogP contribution in [0.4, 0.5) is 11.6 Å². The summed E-state index contributed by atoms with van der Waals surface area (Å²) in [6, 6.07) is 3.97. The first-order valence-electron chi connectivity index (χ1n) is 8.53. The van der Waals surface area contributed by atoms with Gasteiger partial charge in [-0.2, -0.15) is 0 Å². The Balaban J connectivity index is 1.81. The Morgan fingerprint density at radius 3 is 2.89 bits per heavy atom. The topological polar surface area (TPSA) is 128 Å². The highest BCUT2D eigenvalue weighted by Crippen LogP contribution is 2.18. The molecule has 0 aliphatic rings. The highest BCUT2D eigenvalue weighted by atomic mass is 16.5. The van der Waals surface area contributed by atoms with E-state index in [1.807, 2.05) is 36.0 Å². The number of ether oxygens (including phenoxy) is 1. The van der Waals surface area contributed by atoms with E-state index in [9.17, 15) is 0 Å². The molecule has 3 aromatic rings. The van der Waals surface area contributed by atoms with Crippen molar-refractivity contribution in [1.29, 1.82) is 0 Å². The quantitative estimate of drug-likeness (QED) is 0.463. The molecule has 0 saturated carbocycles. The van der Waals surface area contributed by atoms with E-state index in [4.69, 9.17) is 16.2 Å². The molecule has 0 aliphatic carbocycles. The lowest BCUT2D eigenvalue weighted by Gasteiger charge is -2.11. The monoisotopic (exact) mass is 368 g/mol. The van der Waals surface area contributed by atoms with E-state index in [1.54, 1.807) is 19.5 Å². The van der Waals surface area contributed by atoms with Crippen LogP contribution in [-0.4, -0.2) is 40.1 Å². The van der Waals surface area contributed by atoms with Crippen LogP contribution in [0, 0.1) is 0 Å². The molecule has 3 aromatic heterocycles. The molecule has 0 aromatic carbocycles. The molecular formula is C18H24N8O. The summed E-state index contributed by atoms with van der Waals surface area (Å²) < 4.78 is 7.22. The van der Waals surface area contributed by atoms with Gasteiger partial charge in [0.05, 0.1) is 30.4 Å². The molecule has 0 unspecified atom stereocenters. The third-order valence-electron chi connectivity index (χ3n) is 4.06. The first-order chi connectivity index (χ1) is 13.2. The van der Waals surface area contributed by atoms with Crippen molar-refractivity contribution in [2.45, 2.75) is 13.2 Å². The number of rotatable bonds is 8. The zero-order valence-corrected chi connectivity index (χ0v) is 15.4.